The van der Waals surface area contributed by atoms with E-state index in [2.05, 4.69) is 13.0 Å². The number of rotatable bonds is 7. The predicted molar refractivity (Wildman–Crippen MR) is 65.7 cm³/mol. The zero-order valence-corrected chi connectivity index (χ0v) is 9.93. The van der Waals surface area contributed by atoms with Crippen LogP contribution in [0.25, 0.3) is 0 Å². The number of thioether (sulfide) groups is 1. The standard InChI is InChI=1S/C12H18O2S/c1-11-4-2-5-12(10-11)14-7-9-15-8-3-6-13/h2,4-5,10,13H,3,6-9H2,1H3. The molecule has 0 saturated carbocycles. The van der Waals surface area contributed by atoms with Crippen molar-refractivity contribution >= 4 is 11.8 Å². The van der Waals surface area contributed by atoms with Crippen molar-refractivity contribution in [2.75, 3.05) is 24.7 Å². The average molecular weight is 226 g/mol. The van der Waals surface area contributed by atoms with Crippen molar-refractivity contribution in [1.29, 1.82) is 0 Å². The highest BCUT2D eigenvalue weighted by molar-refractivity contribution is 7.99. The lowest BCUT2D eigenvalue weighted by atomic mass is 10.2. The van der Waals surface area contributed by atoms with Crippen molar-refractivity contribution in [1.82, 2.24) is 0 Å². The molecule has 0 heterocycles. The van der Waals surface area contributed by atoms with Crippen LogP contribution in [0.2, 0.25) is 0 Å². The van der Waals surface area contributed by atoms with Crippen LogP contribution in [-0.2, 0) is 0 Å². The Morgan fingerprint density at radius 1 is 1.33 bits per heavy atom. The van der Waals surface area contributed by atoms with E-state index in [0.29, 0.717) is 0 Å². The molecule has 1 rings (SSSR count). The van der Waals surface area contributed by atoms with E-state index in [1.165, 1.54) is 5.56 Å². The predicted octanol–water partition coefficient (Wildman–Crippen LogP) is 2.49. The second-order valence-corrected chi connectivity index (χ2v) is 4.58. The van der Waals surface area contributed by atoms with Crippen LogP contribution in [0.5, 0.6) is 5.75 Å². The Labute approximate surface area is 95.7 Å². The van der Waals surface area contributed by atoms with Crippen molar-refractivity contribution in [2.45, 2.75) is 13.3 Å². The van der Waals surface area contributed by atoms with Crippen LogP contribution in [-0.4, -0.2) is 29.8 Å². The number of aliphatic hydroxyl groups excluding tert-OH is 1. The molecule has 0 amide bonds. The molecule has 0 unspecified atom stereocenters. The van der Waals surface area contributed by atoms with E-state index in [4.69, 9.17) is 9.84 Å². The Hall–Kier alpha value is -0.670. The number of hydrogen-bond donors (Lipinski definition) is 1. The minimum absolute atomic E-state index is 0.283. The van der Waals surface area contributed by atoms with E-state index in [0.717, 1.165) is 30.3 Å². The Balaban J connectivity index is 2.10. The van der Waals surface area contributed by atoms with Gasteiger partial charge in [0.15, 0.2) is 0 Å². The first kappa shape index (κ1) is 12.4. The fraction of sp³-hybridized carbons (Fsp3) is 0.500. The normalized spacial score (nSPS) is 10.3. The highest BCUT2D eigenvalue weighted by Gasteiger charge is 1.94. The largest absolute Gasteiger partial charge is 0.493 e. The van der Waals surface area contributed by atoms with Crippen LogP contribution >= 0.6 is 11.8 Å². The highest BCUT2D eigenvalue weighted by atomic mass is 32.2. The van der Waals surface area contributed by atoms with Crippen molar-refractivity contribution in [3.05, 3.63) is 29.8 Å². The Morgan fingerprint density at radius 3 is 2.93 bits per heavy atom. The van der Waals surface area contributed by atoms with Gasteiger partial charge in [0.2, 0.25) is 0 Å². The monoisotopic (exact) mass is 226 g/mol. The van der Waals surface area contributed by atoms with Crippen molar-refractivity contribution in [3.63, 3.8) is 0 Å². The molecule has 0 radical (unpaired) electrons. The number of benzene rings is 1. The van der Waals surface area contributed by atoms with Gasteiger partial charge in [-0.1, -0.05) is 12.1 Å². The third-order valence-electron chi connectivity index (χ3n) is 1.93. The Kier molecular flexibility index (Phi) is 6.28. The van der Waals surface area contributed by atoms with E-state index >= 15 is 0 Å². The van der Waals surface area contributed by atoms with Crippen molar-refractivity contribution in [3.8, 4) is 5.75 Å². The summed E-state index contributed by atoms with van der Waals surface area (Å²) in [6.07, 6.45) is 0.870. The summed E-state index contributed by atoms with van der Waals surface area (Å²) in [5.41, 5.74) is 1.22. The fourth-order valence-electron chi connectivity index (χ4n) is 1.19. The molecule has 0 bridgehead atoms. The number of aryl methyl sites for hydroxylation is 1. The van der Waals surface area contributed by atoms with Gasteiger partial charge in [-0.2, -0.15) is 11.8 Å². The molecule has 0 aromatic heterocycles. The maximum Gasteiger partial charge on any atom is 0.119 e. The first-order chi connectivity index (χ1) is 7.33. The van der Waals surface area contributed by atoms with Gasteiger partial charge < -0.3 is 9.84 Å². The molecule has 84 valence electrons. The second-order valence-electron chi connectivity index (χ2n) is 3.35. The molecule has 0 aliphatic carbocycles. The molecule has 1 N–H and O–H groups in total. The second kappa shape index (κ2) is 7.60. The summed E-state index contributed by atoms with van der Waals surface area (Å²) in [6.45, 7) is 3.08. The minimum Gasteiger partial charge on any atom is -0.493 e. The molecule has 0 aliphatic heterocycles. The molecule has 0 fully saturated rings. The summed E-state index contributed by atoms with van der Waals surface area (Å²) < 4.78 is 5.58. The van der Waals surface area contributed by atoms with Crippen LogP contribution in [0.1, 0.15) is 12.0 Å². The molecular formula is C12H18O2S. The molecule has 0 spiro atoms. The molecule has 0 saturated heterocycles. The topological polar surface area (TPSA) is 29.5 Å². The van der Waals surface area contributed by atoms with Crippen LogP contribution in [0.15, 0.2) is 24.3 Å². The van der Waals surface area contributed by atoms with Gasteiger partial charge in [0, 0.05) is 12.4 Å². The van der Waals surface area contributed by atoms with Gasteiger partial charge in [0.05, 0.1) is 6.61 Å². The van der Waals surface area contributed by atoms with Gasteiger partial charge >= 0.3 is 0 Å². The minimum atomic E-state index is 0.283. The van der Waals surface area contributed by atoms with E-state index in [1.54, 1.807) is 0 Å². The van der Waals surface area contributed by atoms with Crippen molar-refractivity contribution in [2.24, 2.45) is 0 Å². The third-order valence-corrected chi connectivity index (χ3v) is 2.97. The summed E-state index contributed by atoms with van der Waals surface area (Å²) in [5, 5.41) is 8.59. The lowest BCUT2D eigenvalue weighted by Crippen LogP contribution is -2.01. The molecule has 1 aromatic rings. The zero-order chi connectivity index (χ0) is 10.9. The Morgan fingerprint density at radius 2 is 2.20 bits per heavy atom. The third kappa shape index (κ3) is 5.70. The van der Waals surface area contributed by atoms with Crippen LogP contribution < -0.4 is 4.74 Å². The van der Waals surface area contributed by atoms with Gasteiger partial charge in [-0.3, -0.25) is 0 Å². The lowest BCUT2D eigenvalue weighted by Gasteiger charge is -2.06. The van der Waals surface area contributed by atoms with Gasteiger partial charge in [-0.25, -0.2) is 0 Å². The molecule has 3 heteroatoms. The van der Waals surface area contributed by atoms with Crippen LogP contribution in [0, 0.1) is 6.92 Å². The molecular weight excluding hydrogens is 208 g/mol. The van der Waals surface area contributed by atoms with E-state index in [9.17, 15) is 0 Å². The van der Waals surface area contributed by atoms with E-state index in [-0.39, 0.29) is 6.61 Å². The van der Waals surface area contributed by atoms with Gasteiger partial charge in [-0.05, 0) is 36.8 Å². The first-order valence-electron chi connectivity index (χ1n) is 5.21. The first-order valence-corrected chi connectivity index (χ1v) is 6.36. The van der Waals surface area contributed by atoms with Crippen LogP contribution in [0.3, 0.4) is 0 Å². The Bertz CT molecular complexity index is 276. The van der Waals surface area contributed by atoms with Gasteiger partial charge in [0.25, 0.3) is 0 Å². The molecule has 1 aromatic carbocycles. The number of aliphatic hydroxyl groups is 1. The number of hydrogen-bond acceptors (Lipinski definition) is 3. The van der Waals surface area contributed by atoms with Crippen LogP contribution in [0.4, 0.5) is 0 Å². The van der Waals surface area contributed by atoms with E-state index in [1.807, 2.05) is 30.0 Å². The van der Waals surface area contributed by atoms with Gasteiger partial charge in [-0.15, -0.1) is 0 Å². The molecule has 2 nitrogen and oxygen atoms in total. The SMILES string of the molecule is Cc1cccc(OCCSCCCO)c1. The summed E-state index contributed by atoms with van der Waals surface area (Å²) in [7, 11) is 0. The molecule has 0 atom stereocenters. The lowest BCUT2D eigenvalue weighted by molar-refractivity contribution is 0.296. The molecule has 0 aliphatic rings. The maximum absolute atomic E-state index is 8.59. The van der Waals surface area contributed by atoms with Crippen molar-refractivity contribution < 1.29 is 9.84 Å². The summed E-state index contributed by atoms with van der Waals surface area (Å²) in [6, 6.07) is 8.08. The number of ether oxygens (including phenoxy) is 1. The quantitative estimate of drug-likeness (QED) is 0.724. The highest BCUT2D eigenvalue weighted by Crippen LogP contribution is 2.12. The summed E-state index contributed by atoms with van der Waals surface area (Å²) in [5.74, 6) is 2.93. The maximum atomic E-state index is 8.59. The smallest absolute Gasteiger partial charge is 0.119 e. The zero-order valence-electron chi connectivity index (χ0n) is 9.11. The fourth-order valence-corrected chi connectivity index (χ4v) is 1.93. The van der Waals surface area contributed by atoms with Gasteiger partial charge in [0.1, 0.15) is 5.75 Å². The molecule has 15 heavy (non-hydrogen) atoms. The summed E-state index contributed by atoms with van der Waals surface area (Å²) in [4.78, 5) is 0. The summed E-state index contributed by atoms with van der Waals surface area (Å²) >= 11 is 1.82. The average Bonchev–Trinajstić information content (AvgIpc) is 2.23. The van der Waals surface area contributed by atoms with E-state index < -0.39 is 0 Å².